The van der Waals surface area contributed by atoms with Crippen molar-refractivity contribution < 1.29 is 14.3 Å². The molecule has 0 aliphatic heterocycles. The summed E-state index contributed by atoms with van der Waals surface area (Å²) in [6, 6.07) is 7.50. The number of hydrogen-bond acceptors (Lipinski definition) is 5. The average molecular weight is 295 g/mol. The molecule has 1 aromatic carbocycles. The molecule has 7 heteroatoms. The van der Waals surface area contributed by atoms with Crippen LogP contribution in [-0.4, -0.2) is 50.0 Å². The molecule has 0 spiro atoms. The molecule has 2 aromatic rings. The van der Waals surface area contributed by atoms with Crippen LogP contribution in [0, 0.1) is 0 Å². The van der Waals surface area contributed by atoms with Crippen LogP contribution in [0.1, 0.15) is 0 Å². The van der Waals surface area contributed by atoms with E-state index in [2.05, 4.69) is 10.3 Å². The summed E-state index contributed by atoms with van der Waals surface area (Å²) in [5.74, 6) is 0. The lowest BCUT2D eigenvalue weighted by atomic mass is 10.3. The van der Waals surface area contributed by atoms with E-state index in [1.54, 1.807) is 7.05 Å². The summed E-state index contributed by atoms with van der Waals surface area (Å²) >= 11 is 1.44. The minimum absolute atomic E-state index is 0.247. The molecule has 0 aliphatic rings. The van der Waals surface area contributed by atoms with Gasteiger partial charge in [0.25, 0.3) is 0 Å². The molecular weight excluding hydrogens is 278 g/mol. The number of thiazole rings is 1. The van der Waals surface area contributed by atoms with Gasteiger partial charge in [-0.25, -0.2) is 9.78 Å². The molecule has 0 unspecified atom stereocenters. The summed E-state index contributed by atoms with van der Waals surface area (Å²) in [5.41, 5.74) is 0.877. The van der Waals surface area contributed by atoms with Crippen molar-refractivity contribution in [2.75, 3.05) is 33.1 Å². The van der Waals surface area contributed by atoms with Crippen LogP contribution in [0.15, 0.2) is 24.3 Å². The summed E-state index contributed by atoms with van der Waals surface area (Å²) in [7, 11) is 4.74. The Morgan fingerprint density at radius 2 is 2.10 bits per heavy atom. The van der Waals surface area contributed by atoms with E-state index in [9.17, 15) is 4.79 Å². The minimum Gasteiger partial charge on any atom is -0.354 e. The number of carbonyl (C=O) groups excluding carboxylic acids is 1. The number of amides is 2. The molecule has 0 saturated heterocycles. The molecule has 20 heavy (non-hydrogen) atoms. The van der Waals surface area contributed by atoms with Crippen LogP contribution in [-0.2, 0) is 9.47 Å². The maximum absolute atomic E-state index is 12.0. The first-order valence-electron chi connectivity index (χ1n) is 6.07. The Bertz CT molecular complexity index is 550. The minimum atomic E-state index is -0.443. The molecule has 0 saturated carbocycles. The number of methoxy groups -OCH3 is 2. The number of carbonyl (C=O) groups is 1. The molecular formula is C13H17N3O3S. The van der Waals surface area contributed by atoms with Crippen LogP contribution < -0.4 is 5.32 Å². The lowest BCUT2D eigenvalue weighted by Gasteiger charge is -2.21. The molecule has 0 radical (unpaired) electrons. The second-order valence-corrected chi connectivity index (χ2v) is 5.23. The molecule has 2 rings (SSSR count). The standard InChI is InChI=1S/C13H17N3O3S/c1-16(8-11(18-2)19-3)13(17)15-12-14-9-6-4-5-7-10(9)20-12/h4-7,11H,8H2,1-3H3,(H,14,15,17). The van der Waals surface area contributed by atoms with Gasteiger partial charge in [0.2, 0.25) is 0 Å². The Hall–Kier alpha value is -1.70. The third-order valence-electron chi connectivity index (χ3n) is 2.80. The molecule has 0 atom stereocenters. The Labute approximate surface area is 121 Å². The quantitative estimate of drug-likeness (QED) is 0.860. The number of para-hydroxylation sites is 1. The Kier molecular flexibility index (Phi) is 4.89. The van der Waals surface area contributed by atoms with Gasteiger partial charge >= 0.3 is 6.03 Å². The van der Waals surface area contributed by atoms with Crippen molar-refractivity contribution in [1.82, 2.24) is 9.88 Å². The summed E-state index contributed by atoms with van der Waals surface area (Å²) in [4.78, 5) is 17.9. The van der Waals surface area contributed by atoms with Gasteiger partial charge in [-0.05, 0) is 12.1 Å². The van der Waals surface area contributed by atoms with Crippen molar-refractivity contribution in [3.8, 4) is 0 Å². The SMILES string of the molecule is COC(CN(C)C(=O)Nc1nc2ccccc2s1)OC. The van der Waals surface area contributed by atoms with Crippen LogP contribution in [0.25, 0.3) is 10.2 Å². The largest absolute Gasteiger partial charge is 0.354 e. The summed E-state index contributed by atoms with van der Waals surface area (Å²) in [6.45, 7) is 0.337. The highest BCUT2D eigenvalue weighted by Crippen LogP contribution is 2.25. The molecule has 1 heterocycles. The number of rotatable bonds is 5. The van der Waals surface area contributed by atoms with Gasteiger partial charge in [0.1, 0.15) is 0 Å². The van der Waals surface area contributed by atoms with Crippen LogP contribution in [0.3, 0.4) is 0 Å². The van der Waals surface area contributed by atoms with E-state index in [-0.39, 0.29) is 6.03 Å². The highest BCUT2D eigenvalue weighted by molar-refractivity contribution is 7.22. The zero-order valence-electron chi connectivity index (χ0n) is 11.6. The van der Waals surface area contributed by atoms with E-state index in [4.69, 9.17) is 9.47 Å². The van der Waals surface area contributed by atoms with Crippen molar-refractivity contribution in [3.05, 3.63) is 24.3 Å². The molecule has 2 amide bonds. The number of fused-ring (bicyclic) bond motifs is 1. The molecule has 6 nitrogen and oxygen atoms in total. The molecule has 0 bridgehead atoms. The molecule has 108 valence electrons. The lowest BCUT2D eigenvalue weighted by Crippen LogP contribution is -2.38. The fourth-order valence-corrected chi connectivity index (χ4v) is 2.52. The van der Waals surface area contributed by atoms with Crippen molar-refractivity contribution >= 4 is 32.7 Å². The predicted octanol–water partition coefficient (Wildman–Crippen LogP) is 2.38. The number of hydrogen-bond donors (Lipinski definition) is 1. The first-order valence-corrected chi connectivity index (χ1v) is 6.89. The molecule has 0 fully saturated rings. The number of nitrogens with zero attached hydrogens (tertiary/aromatic N) is 2. The zero-order valence-corrected chi connectivity index (χ0v) is 12.4. The normalized spacial score (nSPS) is 11.0. The highest BCUT2D eigenvalue weighted by atomic mass is 32.1. The van der Waals surface area contributed by atoms with Gasteiger partial charge in [0.05, 0.1) is 16.8 Å². The van der Waals surface area contributed by atoms with E-state index in [0.29, 0.717) is 11.7 Å². The molecule has 1 N–H and O–H groups in total. The second-order valence-electron chi connectivity index (χ2n) is 4.20. The number of aromatic nitrogens is 1. The van der Waals surface area contributed by atoms with Gasteiger partial charge in [-0.1, -0.05) is 23.5 Å². The van der Waals surface area contributed by atoms with E-state index < -0.39 is 6.29 Å². The Morgan fingerprint density at radius 1 is 1.40 bits per heavy atom. The van der Waals surface area contributed by atoms with Crippen molar-refractivity contribution in [3.63, 3.8) is 0 Å². The van der Waals surface area contributed by atoms with E-state index in [0.717, 1.165) is 10.2 Å². The van der Waals surface area contributed by atoms with Crippen LogP contribution in [0.5, 0.6) is 0 Å². The monoisotopic (exact) mass is 295 g/mol. The smallest absolute Gasteiger partial charge is 0.323 e. The number of likely N-dealkylation sites (N-methyl/N-ethyl adjacent to an activating group) is 1. The fraction of sp³-hybridized carbons (Fsp3) is 0.385. The highest BCUT2D eigenvalue weighted by Gasteiger charge is 2.16. The maximum atomic E-state index is 12.0. The topological polar surface area (TPSA) is 63.7 Å². The van der Waals surface area contributed by atoms with Gasteiger partial charge in [0.15, 0.2) is 11.4 Å². The van der Waals surface area contributed by atoms with Crippen molar-refractivity contribution in [1.29, 1.82) is 0 Å². The summed E-state index contributed by atoms with van der Waals surface area (Å²) in [6.07, 6.45) is -0.443. The fourth-order valence-electron chi connectivity index (χ4n) is 1.66. The summed E-state index contributed by atoms with van der Waals surface area (Å²) in [5, 5.41) is 3.35. The zero-order chi connectivity index (χ0) is 14.5. The number of anilines is 1. The van der Waals surface area contributed by atoms with Crippen molar-refractivity contribution in [2.45, 2.75) is 6.29 Å². The van der Waals surface area contributed by atoms with Gasteiger partial charge in [-0.15, -0.1) is 0 Å². The number of nitrogens with one attached hydrogen (secondary N) is 1. The first kappa shape index (κ1) is 14.7. The van der Waals surface area contributed by atoms with Gasteiger partial charge in [-0.2, -0.15) is 0 Å². The van der Waals surface area contributed by atoms with E-state index in [1.165, 1.54) is 30.5 Å². The predicted molar refractivity (Wildman–Crippen MR) is 79.1 cm³/mol. The van der Waals surface area contributed by atoms with Crippen molar-refractivity contribution in [2.24, 2.45) is 0 Å². The Balaban J connectivity index is 1.99. The lowest BCUT2D eigenvalue weighted by molar-refractivity contribution is -0.108. The first-order chi connectivity index (χ1) is 9.63. The maximum Gasteiger partial charge on any atom is 0.323 e. The third kappa shape index (κ3) is 3.44. The van der Waals surface area contributed by atoms with Crippen LogP contribution >= 0.6 is 11.3 Å². The third-order valence-corrected chi connectivity index (χ3v) is 3.75. The average Bonchev–Trinajstić information content (AvgIpc) is 2.86. The van der Waals surface area contributed by atoms with Crippen LogP contribution in [0.2, 0.25) is 0 Å². The number of urea groups is 1. The number of ether oxygens (including phenoxy) is 2. The summed E-state index contributed by atoms with van der Waals surface area (Å²) < 4.78 is 11.2. The van der Waals surface area contributed by atoms with E-state index >= 15 is 0 Å². The van der Waals surface area contributed by atoms with Gasteiger partial charge in [-0.3, -0.25) is 5.32 Å². The molecule has 1 aromatic heterocycles. The second kappa shape index (κ2) is 6.65. The number of benzene rings is 1. The van der Waals surface area contributed by atoms with Gasteiger partial charge in [0, 0.05) is 21.3 Å². The van der Waals surface area contributed by atoms with E-state index in [1.807, 2.05) is 24.3 Å². The Morgan fingerprint density at radius 3 is 2.75 bits per heavy atom. The molecule has 0 aliphatic carbocycles. The van der Waals surface area contributed by atoms with Gasteiger partial charge < -0.3 is 14.4 Å². The van der Waals surface area contributed by atoms with Crippen LogP contribution in [0.4, 0.5) is 9.93 Å².